The van der Waals surface area contributed by atoms with E-state index in [2.05, 4.69) is 21.2 Å². The van der Waals surface area contributed by atoms with Crippen LogP contribution in [0.5, 0.6) is 0 Å². The molecule has 0 spiro atoms. The number of rotatable bonds is 1. The minimum atomic E-state index is -4.67. The van der Waals surface area contributed by atoms with E-state index in [4.69, 9.17) is 32.8 Å². The summed E-state index contributed by atoms with van der Waals surface area (Å²) < 4.78 is 32.5. The lowest BCUT2D eigenvalue weighted by Crippen LogP contribution is -2.06. The van der Waals surface area contributed by atoms with Gasteiger partial charge in [-0.2, -0.15) is 8.42 Å². The second-order valence-electron chi connectivity index (χ2n) is 3.35. The molecule has 12 heteroatoms. The van der Waals surface area contributed by atoms with Gasteiger partial charge >= 0.3 is 10.4 Å². The Morgan fingerprint density at radius 1 is 1.38 bits per heavy atom. The molecular weight excluding hydrogens is 376 g/mol. The van der Waals surface area contributed by atoms with E-state index in [1.807, 2.05) is 25.1 Å². The quantitative estimate of drug-likeness (QED) is 0.320. The van der Waals surface area contributed by atoms with Crippen LogP contribution in [0.3, 0.4) is 0 Å². The number of hydrogen-bond donors (Lipinski definition) is 4. The van der Waals surface area contributed by atoms with Crippen molar-refractivity contribution in [2.45, 2.75) is 13.8 Å². The van der Waals surface area contributed by atoms with Crippen LogP contribution in [0, 0.1) is 17.0 Å². The van der Waals surface area contributed by atoms with Crippen molar-refractivity contribution >= 4 is 37.9 Å². The first-order valence-corrected chi connectivity index (χ1v) is 7.08. The molecular formula is C9H13BrN2O8S. The molecule has 0 aromatic heterocycles. The van der Waals surface area contributed by atoms with Gasteiger partial charge in [0, 0.05) is 11.4 Å². The topological polar surface area (TPSA) is 167 Å². The molecule has 0 saturated heterocycles. The summed E-state index contributed by atoms with van der Waals surface area (Å²) in [5, 5.41) is 16.4. The summed E-state index contributed by atoms with van der Waals surface area (Å²) in [5.41, 5.74) is 1.98. The van der Waals surface area contributed by atoms with Crippen LogP contribution in [-0.4, -0.2) is 33.7 Å². The largest absolute Gasteiger partial charge is 0.394 e. The molecule has 1 amide bonds. The standard InChI is InChI=1S/C9H10BrNO.HNO3.H2O4S/c1-6-3-4-9(8(10)5-6)11-7(2)12;2-1(3)4;1-5(2,3)4/h3-5H,1-2H3,(H,11,12);(H,2,3,4);(H2,1,2,3,4). The van der Waals surface area contributed by atoms with Crippen molar-refractivity contribution in [2.75, 3.05) is 5.32 Å². The molecule has 0 aliphatic carbocycles. The predicted molar refractivity (Wildman–Crippen MR) is 76.1 cm³/mol. The first-order valence-electron chi connectivity index (χ1n) is 4.89. The first kappa shape index (κ1) is 21.5. The van der Waals surface area contributed by atoms with Gasteiger partial charge in [0.15, 0.2) is 0 Å². The molecule has 0 bridgehead atoms. The highest BCUT2D eigenvalue weighted by atomic mass is 79.9. The van der Waals surface area contributed by atoms with E-state index in [-0.39, 0.29) is 5.91 Å². The van der Waals surface area contributed by atoms with Gasteiger partial charge in [-0.25, -0.2) is 0 Å². The summed E-state index contributed by atoms with van der Waals surface area (Å²) in [6.45, 7) is 3.49. The third kappa shape index (κ3) is 20.7. The van der Waals surface area contributed by atoms with Crippen molar-refractivity contribution in [1.29, 1.82) is 0 Å². The highest BCUT2D eigenvalue weighted by Crippen LogP contribution is 2.22. The average Bonchev–Trinajstić information content (AvgIpc) is 2.18. The first-order chi connectivity index (χ1) is 9.32. The number of carbonyl (C=O) groups is 1. The van der Waals surface area contributed by atoms with E-state index in [9.17, 15) is 4.79 Å². The second-order valence-corrected chi connectivity index (χ2v) is 5.10. The monoisotopic (exact) mass is 388 g/mol. The van der Waals surface area contributed by atoms with Crippen LogP contribution >= 0.6 is 15.9 Å². The molecule has 1 aromatic rings. The van der Waals surface area contributed by atoms with Crippen molar-refractivity contribution in [3.63, 3.8) is 0 Å². The van der Waals surface area contributed by atoms with Gasteiger partial charge in [0.1, 0.15) is 0 Å². The third-order valence-corrected chi connectivity index (χ3v) is 2.09. The van der Waals surface area contributed by atoms with Gasteiger partial charge in [-0.05, 0) is 40.5 Å². The molecule has 0 heterocycles. The van der Waals surface area contributed by atoms with Crippen LogP contribution in [0.25, 0.3) is 0 Å². The molecule has 10 nitrogen and oxygen atoms in total. The maximum atomic E-state index is 10.7. The number of nitrogens with zero attached hydrogens (tertiary/aromatic N) is 1. The zero-order valence-electron chi connectivity index (χ0n) is 10.8. The van der Waals surface area contributed by atoms with E-state index in [1.54, 1.807) is 0 Å². The van der Waals surface area contributed by atoms with Crippen molar-refractivity contribution in [3.05, 3.63) is 38.3 Å². The van der Waals surface area contributed by atoms with Crippen LogP contribution < -0.4 is 5.32 Å². The third-order valence-electron chi connectivity index (χ3n) is 1.44. The molecule has 4 N–H and O–H groups in total. The molecule has 0 atom stereocenters. The molecule has 1 rings (SSSR count). The number of carbonyl (C=O) groups excluding carboxylic acids is 1. The zero-order valence-corrected chi connectivity index (χ0v) is 13.3. The van der Waals surface area contributed by atoms with Crippen molar-refractivity contribution < 1.29 is 32.6 Å². The Kier molecular flexibility index (Phi) is 10.3. The molecule has 0 aliphatic heterocycles. The Labute approximate surface area is 128 Å². The fraction of sp³-hybridized carbons (Fsp3) is 0.222. The number of nitrogens with one attached hydrogen (secondary N) is 1. The summed E-state index contributed by atoms with van der Waals surface area (Å²) in [4.78, 5) is 19.1. The summed E-state index contributed by atoms with van der Waals surface area (Å²) >= 11 is 3.36. The van der Waals surface area contributed by atoms with Gasteiger partial charge < -0.3 is 10.5 Å². The number of aryl methyl sites for hydroxylation is 1. The van der Waals surface area contributed by atoms with E-state index >= 15 is 0 Å². The van der Waals surface area contributed by atoms with Gasteiger partial charge in [-0.15, -0.1) is 10.1 Å². The van der Waals surface area contributed by atoms with Gasteiger partial charge in [0.2, 0.25) is 5.91 Å². The van der Waals surface area contributed by atoms with E-state index < -0.39 is 15.5 Å². The number of hydrogen-bond acceptors (Lipinski definition) is 5. The summed E-state index contributed by atoms with van der Waals surface area (Å²) in [6.07, 6.45) is 0. The van der Waals surface area contributed by atoms with Gasteiger partial charge in [-0.3, -0.25) is 13.9 Å². The van der Waals surface area contributed by atoms with Crippen molar-refractivity contribution in [3.8, 4) is 0 Å². The van der Waals surface area contributed by atoms with Crippen LogP contribution in [0.1, 0.15) is 12.5 Å². The minimum absolute atomic E-state index is 0.0560. The van der Waals surface area contributed by atoms with Crippen LogP contribution in [0.4, 0.5) is 5.69 Å². The van der Waals surface area contributed by atoms with Gasteiger partial charge in [-0.1, -0.05) is 6.07 Å². The summed E-state index contributed by atoms with van der Waals surface area (Å²) in [6, 6.07) is 5.79. The fourth-order valence-electron chi connectivity index (χ4n) is 0.911. The Balaban J connectivity index is 0. The molecule has 1 aromatic carbocycles. The molecule has 0 saturated carbocycles. The van der Waals surface area contributed by atoms with E-state index in [0.29, 0.717) is 0 Å². The fourth-order valence-corrected chi connectivity index (χ4v) is 1.50. The van der Waals surface area contributed by atoms with E-state index in [1.165, 1.54) is 6.92 Å². The number of halogens is 1. The Hall–Kier alpha value is -1.76. The highest BCUT2D eigenvalue weighted by molar-refractivity contribution is 9.10. The molecule has 0 radical (unpaired) electrons. The van der Waals surface area contributed by atoms with Crippen molar-refractivity contribution in [2.24, 2.45) is 0 Å². The Morgan fingerprint density at radius 2 is 1.76 bits per heavy atom. The van der Waals surface area contributed by atoms with Gasteiger partial charge in [0.05, 0.1) is 5.69 Å². The van der Waals surface area contributed by atoms with E-state index in [0.717, 1.165) is 15.7 Å². The second kappa shape index (κ2) is 10.0. The lowest BCUT2D eigenvalue weighted by atomic mass is 10.2. The lowest BCUT2D eigenvalue weighted by molar-refractivity contribution is -0.742. The average molecular weight is 389 g/mol. The minimum Gasteiger partial charge on any atom is -0.328 e. The number of benzene rings is 1. The number of amides is 1. The Bertz CT molecular complexity index is 577. The summed E-state index contributed by atoms with van der Waals surface area (Å²) in [7, 11) is -4.67. The zero-order chi connectivity index (χ0) is 17.2. The molecule has 0 aliphatic rings. The van der Waals surface area contributed by atoms with Crippen molar-refractivity contribution in [1.82, 2.24) is 0 Å². The predicted octanol–water partition coefficient (Wildman–Crippen LogP) is 1.72. The molecule has 0 unspecified atom stereocenters. The number of anilines is 1. The Morgan fingerprint density at radius 3 is 2.05 bits per heavy atom. The van der Waals surface area contributed by atoms with Crippen LogP contribution in [0.2, 0.25) is 0 Å². The van der Waals surface area contributed by atoms with Crippen LogP contribution in [-0.2, 0) is 15.2 Å². The van der Waals surface area contributed by atoms with Crippen LogP contribution in [0.15, 0.2) is 22.7 Å². The summed E-state index contributed by atoms with van der Waals surface area (Å²) in [5.74, 6) is -0.0560. The molecule has 120 valence electrons. The molecule has 21 heavy (non-hydrogen) atoms. The molecule has 0 fully saturated rings. The van der Waals surface area contributed by atoms with Gasteiger partial charge in [0.25, 0.3) is 5.09 Å². The smallest absolute Gasteiger partial charge is 0.328 e. The maximum Gasteiger partial charge on any atom is 0.394 e. The SMILES string of the molecule is CC(=O)Nc1ccc(C)cc1Br.O=S(=O)(O)O.O=[N+]([O-])O. The maximum absolute atomic E-state index is 10.7. The highest BCUT2D eigenvalue weighted by Gasteiger charge is 2.00. The normalized spacial score (nSPS) is 9.38. The lowest BCUT2D eigenvalue weighted by Gasteiger charge is -2.04.